The third kappa shape index (κ3) is 8.15. The van der Waals surface area contributed by atoms with Crippen LogP contribution in [0, 0.1) is 5.41 Å². The van der Waals surface area contributed by atoms with Crippen LogP contribution >= 0.6 is 0 Å². The number of anilines is 2. The molecule has 5 aromatic carbocycles. The van der Waals surface area contributed by atoms with E-state index in [2.05, 4.69) is 239 Å². The lowest BCUT2D eigenvalue weighted by molar-refractivity contribution is 0.474. The van der Waals surface area contributed by atoms with Crippen LogP contribution in [-0.4, -0.2) is 16.2 Å². The fraction of sp³-hybridized carbons (Fsp3) is 0.351. The van der Waals surface area contributed by atoms with Gasteiger partial charge in [-0.2, -0.15) is 0 Å². The molecule has 7 aromatic rings. The summed E-state index contributed by atoms with van der Waals surface area (Å²) in [6, 6.07) is 44.3. The lowest BCUT2D eigenvalue weighted by Gasteiger charge is -2.32. The highest BCUT2D eigenvalue weighted by Gasteiger charge is 2.34. The van der Waals surface area contributed by atoms with E-state index < -0.39 is 0 Å². The molecular formula is C57H66N4O. The second kappa shape index (κ2) is 15.2. The van der Waals surface area contributed by atoms with Gasteiger partial charge in [0.2, 0.25) is 0 Å². The Hall–Kier alpha value is -5.81. The number of fused-ring (bicyclic) bond motifs is 3. The fourth-order valence-corrected chi connectivity index (χ4v) is 8.90. The van der Waals surface area contributed by atoms with Crippen LogP contribution in [0.2, 0.25) is 0 Å². The average Bonchev–Trinajstić information content (AvgIpc) is 3.81. The Morgan fingerprint density at radius 3 is 1.82 bits per heavy atom. The molecule has 1 aliphatic heterocycles. The van der Waals surface area contributed by atoms with Crippen molar-refractivity contribution < 1.29 is 4.74 Å². The number of rotatable bonds is 7. The van der Waals surface area contributed by atoms with Gasteiger partial charge >= 0.3 is 0 Å². The van der Waals surface area contributed by atoms with Crippen molar-refractivity contribution in [1.29, 1.82) is 0 Å². The van der Waals surface area contributed by atoms with Crippen molar-refractivity contribution in [3.8, 4) is 17.3 Å². The summed E-state index contributed by atoms with van der Waals surface area (Å²) in [5.74, 6) is 2.54. The molecule has 0 atom stereocenters. The summed E-state index contributed by atoms with van der Waals surface area (Å²) in [5, 5.41) is 2.45. The molecule has 0 bridgehead atoms. The van der Waals surface area contributed by atoms with E-state index in [4.69, 9.17) is 9.72 Å². The number of benzene rings is 5. The Balaban J connectivity index is 1.24. The molecule has 0 spiro atoms. The normalized spacial score (nSPS) is 14.3. The minimum atomic E-state index is -0.162. The maximum absolute atomic E-state index is 7.16. The summed E-state index contributed by atoms with van der Waals surface area (Å²) in [7, 11) is 0. The molecule has 0 N–H and O–H groups in total. The van der Waals surface area contributed by atoms with Gasteiger partial charge in [0.25, 0.3) is 0 Å². The van der Waals surface area contributed by atoms with Crippen LogP contribution in [0.3, 0.4) is 0 Å². The van der Waals surface area contributed by atoms with E-state index >= 15 is 0 Å². The molecule has 8 rings (SSSR count). The van der Waals surface area contributed by atoms with Gasteiger partial charge in [0.15, 0.2) is 0 Å². The highest BCUT2D eigenvalue weighted by atomic mass is 16.5. The molecular weight excluding hydrogens is 757 g/mol. The number of hydrogen-bond donors (Lipinski definition) is 0. The van der Waals surface area contributed by atoms with E-state index in [0.29, 0.717) is 6.67 Å². The number of nitrogens with zero attached hydrogens (tertiary/aromatic N) is 4. The number of pyridine rings is 1. The highest BCUT2D eigenvalue weighted by Crippen LogP contribution is 2.45. The van der Waals surface area contributed by atoms with Crippen LogP contribution in [-0.2, 0) is 21.7 Å². The lowest BCUT2D eigenvalue weighted by atomic mass is 9.78. The van der Waals surface area contributed by atoms with Gasteiger partial charge in [0.05, 0.1) is 17.7 Å². The van der Waals surface area contributed by atoms with Gasteiger partial charge < -0.3 is 14.5 Å². The molecule has 320 valence electrons. The predicted octanol–water partition coefficient (Wildman–Crippen LogP) is 15.4. The Kier molecular flexibility index (Phi) is 10.5. The van der Waals surface area contributed by atoms with E-state index in [9.17, 15) is 0 Å². The Bertz CT molecular complexity index is 2810. The number of hydrogen-bond acceptors (Lipinski definition) is 4. The number of ether oxygens (including phenoxy) is 1. The molecule has 0 saturated heterocycles. The zero-order valence-electron chi connectivity index (χ0n) is 39.6. The van der Waals surface area contributed by atoms with Gasteiger partial charge in [-0.15, -0.1) is 0 Å². The number of para-hydroxylation sites is 1. The maximum atomic E-state index is 7.16. The summed E-state index contributed by atoms with van der Waals surface area (Å²) in [6.07, 6.45) is 4.30. The number of allylic oxidation sites excluding steroid dienone is 1. The van der Waals surface area contributed by atoms with E-state index in [-0.39, 0.29) is 27.1 Å². The third-order valence-electron chi connectivity index (χ3n) is 12.7. The molecule has 0 radical (unpaired) electrons. The first-order valence-corrected chi connectivity index (χ1v) is 22.3. The second-order valence-corrected chi connectivity index (χ2v) is 22.0. The minimum absolute atomic E-state index is 0.0190. The number of aromatic nitrogens is 2. The Labute approximate surface area is 371 Å². The molecule has 62 heavy (non-hydrogen) atoms. The first-order valence-electron chi connectivity index (χ1n) is 22.3. The van der Waals surface area contributed by atoms with E-state index in [0.717, 1.165) is 34.0 Å². The molecule has 5 heteroatoms. The maximum Gasteiger partial charge on any atom is 0.137 e. The van der Waals surface area contributed by atoms with Crippen LogP contribution in [0.25, 0.3) is 27.6 Å². The van der Waals surface area contributed by atoms with Crippen molar-refractivity contribution in [2.75, 3.05) is 16.5 Å². The highest BCUT2D eigenvalue weighted by molar-refractivity contribution is 6.11. The molecule has 0 unspecified atom stereocenters. The summed E-state index contributed by atoms with van der Waals surface area (Å²) in [4.78, 5) is 9.87. The molecule has 0 amide bonds. The smallest absolute Gasteiger partial charge is 0.137 e. The van der Waals surface area contributed by atoms with Gasteiger partial charge in [-0.1, -0.05) is 158 Å². The van der Waals surface area contributed by atoms with E-state index in [1.54, 1.807) is 0 Å². The van der Waals surface area contributed by atoms with Crippen LogP contribution in [0.1, 0.15) is 125 Å². The standard InChI is InChI=1S/C57H66N4O/c1-53(2,3)39-27-28-58-51(32-39)61-48-26-19-18-25-46(48)52-47(55(7,8)9)34-45(35-49(52)61)62-44-31-41(54(4,5)6)30-43(33-44)60-37-59(36-50(60)56(10,11)12)42-24-20-23-40(29-42)57(13,14)38-21-16-15-17-22-38/h15-36H,37H2,1-14H3. The summed E-state index contributed by atoms with van der Waals surface area (Å²) < 4.78 is 9.48. The van der Waals surface area contributed by atoms with Crippen LogP contribution < -0.4 is 14.5 Å². The van der Waals surface area contributed by atoms with Gasteiger partial charge in [0, 0.05) is 63.2 Å². The monoisotopic (exact) mass is 823 g/mol. The van der Waals surface area contributed by atoms with Crippen molar-refractivity contribution in [3.05, 3.63) is 167 Å². The van der Waals surface area contributed by atoms with Crippen molar-refractivity contribution in [3.63, 3.8) is 0 Å². The summed E-state index contributed by atoms with van der Waals surface area (Å²) in [5.41, 5.74) is 11.5. The fourth-order valence-electron chi connectivity index (χ4n) is 8.90. The molecule has 3 heterocycles. The molecule has 2 aromatic heterocycles. The Morgan fingerprint density at radius 2 is 1.15 bits per heavy atom. The molecule has 0 fully saturated rings. The molecule has 0 aliphatic carbocycles. The minimum Gasteiger partial charge on any atom is -0.457 e. The Morgan fingerprint density at radius 1 is 0.500 bits per heavy atom. The van der Waals surface area contributed by atoms with Gasteiger partial charge in [-0.3, -0.25) is 4.57 Å². The van der Waals surface area contributed by atoms with Crippen molar-refractivity contribution in [1.82, 2.24) is 9.55 Å². The van der Waals surface area contributed by atoms with Crippen molar-refractivity contribution in [2.24, 2.45) is 5.41 Å². The average molecular weight is 823 g/mol. The molecule has 5 nitrogen and oxygen atoms in total. The molecule has 1 aliphatic rings. The quantitative estimate of drug-likeness (QED) is 0.160. The lowest BCUT2D eigenvalue weighted by Crippen LogP contribution is -2.31. The first-order chi connectivity index (χ1) is 29.0. The third-order valence-corrected chi connectivity index (χ3v) is 12.7. The predicted molar refractivity (Wildman–Crippen MR) is 264 cm³/mol. The van der Waals surface area contributed by atoms with Crippen LogP contribution in [0.4, 0.5) is 11.4 Å². The van der Waals surface area contributed by atoms with Gasteiger partial charge in [0.1, 0.15) is 17.3 Å². The van der Waals surface area contributed by atoms with Crippen molar-refractivity contribution >= 4 is 33.2 Å². The first kappa shape index (κ1) is 42.9. The SMILES string of the molecule is CC(C)(C)C1=CN(c2cccc(C(C)(C)c3ccccc3)c2)CN1c1cc(Oc2cc(C(C)(C)C)c3c4ccccc4n(-c4cc(C(C)(C)C)ccn4)c3c2)cc(C(C)(C)C)c1. The zero-order chi connectivity index (χ0) is 44.6. The zero-order valence-corrected chi connectivity index (χ0v) is 39.6. The summed E-state index contributed by atoms with van der Waals surface area (Å²) >= 11 is 0. The van der Waals surface area contributed by atoms with E-state index in [1.807, 2.05) is 6.20 Å². The van der Waals surface area contributed by atoms with E-state index in [1.165, 1.54) is 50.0 Å². The second-order valence-electron chi connectivity index (χ2n) is 22.0. The topological polar surface area (TPSA) is 33.5 Å². The van der Waals surface area contributed by atoms with Crippen LogP contribution in [0.5, 0.6) is 11.5 Å². The van der Waals surface area contributed by atoms with Gasteiger partial charge in [-0.05, 0) is 92.6 Å². The summed E-state index contributed by atoms with van der Waals surface area (Å²) in [6.45, 7) is 32.8. The molecule has 0 saturated carbocycles. The van der Waals surface area contributed by atoms with Crippen molar-refractivity contribution in [2.45, 2.75) is 119 Å². The van der Waals surface area contributed by atoms with Crippen LogP contribution in [0.15, 0.2) is 139 Å². The largest absolute Gasteiger partial charge is 0.457 e. The van der Waals surface area contributed by atoms with Gasteiger partial charge in [-0.25, -0.2) is 4.98 Å².